The fourth-order valence-corrected chi connectivity index (χ4v) is 3.39. The van der Waals surface area contributed by atoms with Gasteiger partial charge in [-0.15, -0.1) is 0 Å². The third-order valence-electron chi connectivity index (χ3n) is 4.94. The lowest BCUT2D eigenvalue weighted by molar-refractivity contribution is -0.149. The fraction of sp³-hybridized carbons (Fsp3) is 0.737. The second-order valence-corrected chi connectivity index (χ2v) is 8.15. The molecule has 176 valence electrons. The van der Waals surface area contributed by atoms with E-state index in [0.717, 1.165) is 0 Å². The Morgan fingerprint density at radius 3 is 2.16 bits per heavy atom. The minimum absolute atomic E-state index is 0.0243. The first-order chi connectivity index (χ1) is 14.3. The third kappa shape index (κ3) is 7.79. The van der Waals surface area contributed by atoms with Gasteiger partial charge in [0, 0.05) is 6.54 Å². The van der Waals surface area contributed by atoms with E-state index in [9.17, 15) is 34.2 Å². The van der Waals surface area contributed by atoms with Crippen LogP contribution in [-0.2, 0) is 24.0 Å². The van der Waals surface area contributed by atoms with Gasteiger partial charge in [-0.05, 0) is 32.1 Å². The molecule has 0 aromatic heterocycles. The molecule has 0 radical (unpaired) electrons. The van der Waals surface area contributed by atoms with E-state index in [-0.39, 0.29) is 18.9 Å². The molecule has 0 aromatic carbocycles. The Hall–Kier alpha value is -2.73. The standard InChI is InChI=1S/C19H32N4O8/c1-9(2)7-12(18(29)23-6-4-5-13(23)19(30)31)21-17(28)15(10(3)24)22-16(27)11(20)8-14(25)26/h9-13,15,24H,4-8,20H2,1-3H3,(H,21,28)(H,22,27)(H,25,26)(H,30,31). The van der Waals surface area contributed by atoms with E-state index in [1.54, 1.807) is 0 Å². The molecule has 12 nitrogen and oxygen atoms in total. The van der Waals surface area contributed by atoms with Crippen molar-refractivity contribution < 1.29 is 39.3 Å². The molecule has 1 saturated heterocycles. The second-order valence-electron chi connectivity index (χ2n) is 8.15. The number of carbonyl (C=O) groups excluding carboxylic acids is 3. The van der Waals surface area contributed by atoms with Crippen molar-refractivity contribution in [3.8, 4) is 0 Å². The Labute approximate surface area is 180 Å². The Kier molecular flexibility index (Phi) is 9.85. The first-order valence-electron chi connectivity index (χ1n) is 10.1. The number of amides is 3. The van der Waals surface area contributed by atoms with Crippen LogP contribution in [0, 0.1) is 5.92 Å². The van der Waals surface area contributed by atoms with Gasteiger partial charge in [-0.1, -0.05) is 13.8 Å². The van der Waals surface area contributed by atoms with E-state index in [4.69, 9.17) is 10.8 Å². The predicted molar refractivity (Wildman–Crippen MR) is 108 cm³/mol. The summed E-state index contributed by atoms with van der Waals surface area (Å²) >= 11 is 0. The Morgan fingerprint density at radius 1 is 1.06 bits per heavy atom. The van der Waals surface area contributed by atoms with Crippen molar-refractivity contribution in [2.45, 2.75) is 76.7 Å². The number of aliphatic carboxylic acids is 2. The van der Waals surface area contributed by atoms with Crippen LogP contribution in [0.25, 0.3) is 0 Å². The number of hydrogen-bond donors (Lipinski definition) is 6. The van der Waals surface area contributed by atoms with Crippen molar-refractivity contribution in [1.29, 1.82) is 0 Å². The van der Waals surface area contributed by atoms with Crippen LogP contribution in [0.1, 0.15) is 46.5 Å². The monoisotopic (exact) mass is 444 g/mol. The molecule has 1 aliphatic heterocycles. The highest BCUT2D eigenvalue weighted by molar-refractivity contribution is 5.95. The van der Waals surface area contributed by atoms with E-state index in [1.165, 1.54) is 11.8 Å². The van der Waals surface area contributed by atoms with Crippen LogP contribution in [0.5, 0.6) is 0 Å². The molecule has 3 amide bonds. The maximum absolute atomic E-state index is 13.0. The summed E-state index contributed by atoms with van der Waals surface area (Å²) in [5.74, 6) is -4.81. The normalized spacial score (nSPS) is 19.9. The first kappa shape index (κ1) is 26.3. The van der Waals surface area contributed by atoms with Crippen molar-refractivity contribution in [2.75, 3.05) is 6.54 Å². The van der Waals surface area contributed by atoms with Crippen LogP contribution in [-0.4, -0.2) is 86.7 Å². The largest absolute Gasteiger partial charge is 0.481 e. The van der Waals surface area contributed by atoms with Gasteiger partial charge in [-0.3, -0.25) is 19.2 Å². The maximum Gasteiger partial charge on any atom is 0.326 e. The highest BCUT2D eigenvalue weighted by Gasteiger charge is 2.39. The summed E-state index contributed by atoms with van der Waals surface area (Å²) < 4.78 is 0. The molecule has 0 spiro atoms. The number of carboxylic acids is 2. The molecule has 1 heterocycles. The van der Waals surface area contributed by atoms with Crippen LogP contribution in [0.15, 0.2) is 0 Å². The zero-order valence-corrected chi connectivity index (χ0v) is 17.9. The van der Waals surface area contributed by atoms with Crippen molar-refractivity contribution in [2.24, 2.45) is 11.7 Å². The summed E-state index contributed by atoms with van der Waals surface area (Å²) in [5.41, 5.74) is 5.49. The topological polar surface area (TPSA) is 199 Å². The molecule has 1 aliphatic rings. The van der Waals surface area contributed by atoms with Crippen molar-refractivity contribution >= 4 is 29.7 Å². The van der Waals surface area contributed by atoms with E-state index in [2.05, 4.69) is 10.6 Å². The molecular weight excluding hydrogens is 412 g/mol. The van der Waals surface area contributed by atoms with Gasteiger partial charge in [0.05, 0.1) is 18.6 Å². The number of nitrogens with zero attached hydrogens (tertiary/aromatic N) is 1. The van der Waals surface area contributed by atoms with Gasteiger partial charge in [-0.25, -0.2) is 4.79 Å². The van der Waals surface area contributed by atoms with E-state index in [0.29, 0.717) is 12.8 Å². The molecule has 0 aromatic rings. The second kappa shape index (κ2) is 11.6. The Balaban J connectivity index is 2.96. The van der Waals surface area contributed by atoms with Gasteiger partial charge < -0.3 is 36.6 Å². The van der Waals surface area contributed by atoms with Crippen LogP contribution < -0.4 is 16.4 Å². The number of aliphatic hydroxyl groups is 1. The number of carboxylic acid groups (broad SMARTS) is 2. The van der Waals surface area contributed by atoms with Gasteiger partial charge in [0.25, 0.3) is 0 Å². The van der Waals surface area contributed by atoms with E-state index >= 15 is 0 Å². The smallest absolute Gasteiger partial charge is 0.326 e. The molecule has 0 bridgehead atoms. The van der Waals surface area contributed by atoms with Crippen LogP contribution in [0.4, 0.5) is 0 Å². The lowest BCUT2D eigenvalue weighted by Crippen LogP contribution is -2.60. The molecule has 1 fully saturated rings. The highest BCUT2D eigenvalue weighted by Crippen LogP contribution is 2.20. The number of rotatable bonds is 11. The summed E-state index contributed by atoms with van der Waals surface area (Å²) in [6.07, 6.45) is -0.975. The summed E-state index contributed by atoms with van der Waals surface area (Å²) in [6, 6.07) is -4.94. The van der Waals surface area contributed by atoms with Crippen LogP contribution in [0.2, 0.25) is 0 Å². The molecule has 7 N–H and O–H groups in total. The zero-order valence-electron chi connectivity index (χ0n) is 17.9. The average molecular weight is 444 g/mol. The predicted octanol–water partition coefficient (Wildman–Crippen LogP) is -1.74. The number of carbonyl (C=O) groups is 5. The average Bonchev–Trinajstić information content (AvgIpc) is 3.13. The SMILES string of the molecule is CC(C)CC(NC(=O)C(NC(=O)C(N)CC(=O)O)C(C)O)C(=O)N1CCCC1C(=O)O. The van der Waals surface area contributed by atoms with Crippen LogP contribution in [0.3, 0.4) is 0 Å². The lowest BCUT2D eigenvalue weighted by atomic mass is 10.0. The molecule has 1 rings (SSSR count). The lowest BCUT2D eigenvalue weighted by Gasteiger charge is -2.30. The quantitative estimate of drug-likeness (QED) is 0.214. The maximum atomic E-state index is 13.0. The van der Waals surface area contributed by atoms with Gasteiger partial charge >= 0.3 is 11.9 Å². The van der Waals surface area contributed by atoms with Gasteiger partial charge in [0.15, 0.2) is 0 Å². The number of hydrogen-bond acceptors (Lipinski definition) is 7. The minimum Gasteiger partial charge on any atom is -0.481 e. The van der Waals surface area contributed by atoms with E-state index in [1.807, 2.05) is 13.8 Å². The number of likely N-dealkylation sites (tertiary alicyclic amines) is 1. The summed E-state index contributed by atoms with van der Waals surface area (Å²) in [4.78, 5) is 61.2. The molecule has 5 atom stereocenters. The fourth-order valence-electron chi connectivity index (χ4n) is 3.39. The van der Waals surface area contributed by atoms with Crippen molar-refractivity contribution in [3.05, 3.63) is 0 Å². The first-order valence-corrected chi connectivity index (χ1v) is 10.1. The third-order valence-corrected chi connectivity index (χ3v) is 4.94. The number of nitrogens with two attached hydrogens (primary N) is 1. The zero-order chi connectivity index (χ0) is 23.9. The summed E-state index contributed by atoms with van der Waals surface area (Å²) in [6.45, 7) is 5.14. The molecule has 0 saturated carbocycles. The van der Waals surface area contributed by atoms with Crippen molar-refractivity contribution in [3.63, 3.8) is 0 Å². The number of aliphatic hydroxyl groups excluding tert-OH is 1. The molecule has 12 heteroatoms. The molecule has 31 heavy (non-hydrogen) atoms. The van der Waals surface area contributed by atoms with Gasteiger partial charge in [0.2, 0.25) is 17.7 Å². The highest BCUT2D eigenvalue weighted by atomic mass is 16.4. The number of nitrogens with one attached hydrogen (secondary N) is 2. The Morgan fingerprint density at radius 2 is 1.68 bits per heavy atom. The van der Waals surface area contributed by atoms with Gasteiger partial charge in [0.1, 0.15) is 18.1 Å². The van der Waals surface area contributed by atoms with E-state index < -0.39 is 66.4 Å². The molecular formula is C19H32N4O8. The molecule has 5 unspecified atom stereocenters. The van der Waals surface area contributed by atoms with Crippen molar-refractivity contribution in [1.82, 2.24) is 15.5 Å². The summed E-state index contributed by atoms with van der Waals surface area (Å²) in [7, 11) is 0. The summed E-state index contributed by atoms with van der Waals surface area (Å²) in [5, 5.41) is 32.7. The molecule has 0 aliphatic carbocycles. The van der Waals surface area contributed by atoms with Gasteiger partial charge in [-0.2, -0.15) is 0 Å². The van der Waals surface area contributed by atoms with Crippen LogP contribution >= 0.6 is 0 Å². The minimum atomic E-state index is -1.48. The Bertz CT molecular complexity index is 696.